The fourth-order valence-corrected chi connectivity index (χ4v) is 4.67. The number of nitrogens with one attached hydrogen (secondary N) is 1. The summed E-state index contributed by atoms with van der Waals surface area (Å²) in [5.74, 6) is -0.531. The smallest absolute Gasteiger partial charge is 0.254 e. The Hall–Kier alpha value is -2.84. The highest BCUT2D eigenvalue weighted by Gasteiger charge is 2.26. The van der Waals surface area contributed by atoms with Crippen LogP contribution in [0.2, 0.25) is 5.02 Å². The SMILES string of the molecule is O=C(c1ccc2c(c1)NS(=O)(=O)C2)N(Cc1ccco1)Cc1c(F)cccc1Cl. The van der Waals surface area contributed by atoms with Gasteiger partial charge in [-0.3, -0.25) is 9.52 Å². The first-order valence-electron chi connectivity index (χ1n) is 8.70. The van der Waals surface area contributed by atoms with Crippen molar-refractivity contribution in [1.82, 2.24) is 4.90 Å². The van der Waals surface area contributed by atoms with Crippen molar-refractivity contribution in [2.24, 2.45) is 0 Å². The van der Waals surface area contributed by atoms with E-state index in [0.29, 0.717) is 17.0 Å². The number of benzene rings is 2. The molecule has 0 radical (unpaired) electrons. The van der Waals surface area contributed by atoms with E-state index in [1.807, 2.05) is 0 Å². The minimum absolute atomic E-state index is 0.0755. The molecular weight excluding hydrogens is 419 g/mol. The van der Waals surface area contributed by atoms with Crippen LogP contribution in [0.4, 0.5) is 10.1 Å². The van der Waals surface area contributed by atoms with Gasteiger partial charge >= 0.3 is 0 Å². The Kier molecular flexibility index (Phi) is 5.06. The Balaban J connectivity index is 1.67. The molecule has 150 valence electrons. The summed E-state index contributed by atoms with van der Waals surface area (Å²) in [6, 6.07) is 12.4. The highest BCUT2D eigenvalue weighted by Crippen LogP contribution is 2.29. The molecule has 0 atom stereocenters. The van der Waals surface area contributed by atoms with Crippen LogP contribution in [0.5, 0.6) is 0 Å². The molecule has 1 aromatic heterocycles. The lowest BCUT2D eigenvalue weighted by Gasteiger charge is -2.23. The van der Waals surface area contributed by atoms with Crippen LogP contribution in [0.1, 0.15) is 27.2 Å². The van der Waals surface area contributed by atoms with E-state index in [0.717, 1.165) is 0 Å². The quantitative estimate of drug-likeness (QED) is 0.653. The number of amides is 1. The van der Waals surface area contributed by atoms with Crippen LogP contribution in [0.15, 0.2) is 59.2 Å². The molecule has 9 heteroatoms. The van der Waals surface area contributed by atoms with Crippen molar-refractivity contribution in [3.8, 4) is 0 Å². The third-order valence-electron chi connectivity index (χ3n) is 4.59. The van der Waals surface area contributed by atoms with Crippen molar-refractivity contribution in [1.29, 1.82) is 0 Å². The van der Waals surface area contributed by atoms with Gasteiger partial charge in [0.05, 0.1) is 30.8 Å². The molecule has 0 spiro atoms. The lowest BCUT2D eigenvalue weighted by atomic mass is 10.1. The molecule has 0 fully saturated rings. The van der Waals surface area contributed by atoms with Gasteiger partial charge < -0.3 is 9.32 Å². The number of carbonyl (C=O) groups is 1. The van der Waals surface area contributed by atoms with Gasteiger partial charge in [0.2, 0.25) is 10.0 Å². The molecule has 2 aromatic carbocycles. The molecule has 0 saturated carbocycles. The number of hydrogen-bond acceptors (Lipinski definition) is 4. The number of anilines is 1. The molecule has 0 saturated heterocycles. The van der Waals surface area contributed by atoms with Crippen LogP contribution in [0.3, 0.4) is 0 Å². The van der Waals surface area contributed by atoms with Gasteiger partial charge in [-0.05, 0) is 42.0 Å². The minimum atomic E-state index is -3.43. The van der Waals surface area contributed by atoms with Crippen LogP contribution in [-0.4, -0.2) is 19.2 Å². The maximum atomic E-state index is 14.3. The Labute approximate surface area is 171 Å². The lowest BCUT2D eigenvalue weighted by molar-refractivity contribution is 0.0716. The minimum Gasteiger partial charge on any atom is -0.467 e. The summed E-state index contributed by atoms with van der Waals surface area (Å²) in [5, 5.41) is 0.212. The Bertz CT molecular complexity index is 1160. The first-order valence-corrected chi connectivity index (χ1v) is 10.7. The molecule has 1 aliphatic heterocycles. The summed E-state index contributed by atoms with van der Waals surface area (Å²) in [6.45, 7) is 0.0210. The van der Waals surface area contributed by atoms with Gasteiger partial charge in [0.1, 0.15) is 11.6 Å². The lowest BCUT2D eigenvalue weighted by Crippen LogP contribution is -2.30. The number of sulfonamides is 1. The molecule has 1 N–H and O–H groups in total. The summed E-state index contributed by atoms with van der Waals surface area (Å²) in [5.41, 5.74) is 1.43. The van der Waals surface area contributed by atoms with Crippen LogP contribution >= 0.6 is 11.6 Å². The Morgan fingerprint density at radius 3 is 2.72 bits per heavy atom. The van der Waals surface area contributed by atoms with Crippen molar-refractivity contribution >= 4 is 33.2 Å². The van der Waals surface area contributed by atoms with E-state index in [1.54, 1.807) is 30.3 Å². The van der Waals surface area contributed by atoms with Gasteiger partial charge in [-0.25, -0.2) is 12.8 Å². The first-order chi connectivity index (χ1) is 13.8. The standard InChI is InChI=1S/C20H16ClFN2O4S/c21-17-4-1-5-18(22)16(17)11-24(10-15-3-2-8-28-15)20(25)13-6-7-14-12-29(26,27)23-19(14)9-13/h1-9,23H,10-12H2. The number of fused-ring (bicyclic) bond motifs is 1. The summed E-state index contributed by atoms with van der Waals surface area (Å²) in [4.78, 5) is 14.6. The third-order valence-corrected chi connectivity index (χ3v) is 6.17. The molecule has 4 rings (SSSR count). The van der Waals surface area contributed by atoms with Crippen molar-refractivity contribution in [3.05, 3.63) is 88.1 Å². The second kappa shape index (κ2) is 7.53. The zero-order valence-corrected chi connectivity index (χ0v) is 16.6. The first kappa shape index (κ1) is 19.5. The fraction of sp³-hybridized carbons (Fsp3) is 0.150. The normalized spacial score (nSPS) is 14.3. The monoisotopic (exact) mass is 434 g/mol. The number of furan rings is 1. The van der Waals surface area contributed by atoms with Gasteiger partial charge in [-0.2, -0.15) is 0 Å². The van der Waals surface area contributed by atoms with E-state index in [-0.39, 0.29) is 35.0 Å². The molecule has 2 heterocycles. The number of carbonyl (C=O) groups excluding carboxylic acids is 1. The fourth-order valence-electron chi connectivity index (χ4n) is 3.19. The van der Waals surface area contributed by atoms with E-state index in [1.165, 1.54) is 29.4 Å². The third kappa shape index (κ3) is 4.13. The molecule has 0 unspecified atom stereocenters. The molecule has 1 amide bonds. The van der Waals surface area contributed by atoms with Gasteiger partial charge in [0.15, 0.2) is 0 Å². The van der Waals surface area contributed by atoms with Crippen molar-refractivity contribution in [2.45, 2.75) is 18.8 Å². The molecule has 6 nitrogen and oxygen atoms in total. The highest BCUT2D eigenvalue weighted by atomic mass is 35.5. The molecule has 3 aromatic rings. The average molecular weight is 435 g/mol. The van der Waals surface area contributed by atoms with E-state index in [9.17, 15) is 17.6 Å². The second-order valence-electron chi connectivity index (χ2n) is 6.67. The topological polar surface area (TPSA) is 79.6 Å². The predicted octanol–water partition coefficient (Wildman–Crippen LogP) is 4.17. The summed E-state index contributed by atoms with van der Waals surface area (Å²) >= 11 is 6.14. The number of rotatable bonds is 5. The van der Waals surface area contributed by atoms with Gasteiger partial charge in [0.25, 0.3) is 5.91 Å². The van der Waals surface area contributed by atoms with E-state index >= 15 is 0 Å². The molecule has 0 bridgehead atoms. The van der Waals surface area contributed by atoms with Gasteiger partial charge in [-0.1, -0.05) is 23.7 Å². The van der Waals surface area contributed by atoms with Crippen LogP contribution in [0.25, 0.3) is 0 Å². The molecule has 1 aliphatic rings. The van der Waals surface area contributed by atoms with Gasteiger partial charge in [0, 0.05) is 16.1 Å². The zero-order chi connectivity index (χ0) is 20.6. The van der Waals surface area contributed by atoms with Crippen LogP contribution < -0.4 is 4.72 Å². The Morgan fingerprint density at radius 1 is 1.17 bits per heavy atom. The highest BCUT2D eigenvalue weighted by molar-refractivity contribution is 7.92. The maximum Gasteiger partial charge on any atom is 0.254 e. The second-order valence-corrected chi connectivity index (χ2v) is 8.80. The van der Waals surface area contributed by atoms with E-state index in [2.05, 4.69) is 4.72 Å². The van der Waals surface area contributed by atoms with Crippen LogP contribution in [-0.2, 0) is 28.9 Å². The average Bonchev–Trinajstić information content (AvgIpc) is 3.28. The largest absolute Gasteiger partial charge is 0.467 e. The van der Waals surface area contributed by atoms with E-state index in [4.69, 9.17) is 16.0 Å². The maximum absolute atomic E-state index is 14.3. The van der Waals surface area contributed by atoms with E-state index < -0.39 is 21.7 Å². The number of nitrogens with zero attached hydrogens (tertiary/aromatic N) is 1. The molecule has 0 aliphatic carbocycles. The van der Waals surface area contributed by atoms with Crippen molar-refractivity contribution in [2.75, 3.05) is 4.72 Å². The van der Waals surface area contributed by atoms with Gasteiger partial charge in [-0.15, -0.1) is 0 Å². The summed E-state index contributed by atoms with van der Waals surface area (Å²) in [7, 11) is -3.43. The number of halogens is 2. The van der Waals surface area contributed by atoms with Crippen molar-refractivity contribution < 1.29 is 22.0 Å². The van der Waals surface area contributed by atoms with Crippen molar-refractivity contribution in [3.63, 3.8) is 0 Å². The zero-order valence-electron chi connectivity index (χ0n) is 15.1. The molecule has 29 heavy (non-hydrogen) atoms. The molecular formula is C20H16ClFN2O4S. The summed E-state index contributed by atoms with van der Waals surface area (Å²) < 4.78 is 45.6. The van der Waals surface area contributed by atoms with Crippen LogP contribution in [0, 0.1) is 5.82 Å². The Morgan fingerprint density at radius 2 is 2.00 bits per heavy atom. The number of hydrogen-bond donors (Lipinski definition) is 1. The summed E-state index contributed by atoms with van der Waals surface area (Å²) in [6.07, 6.45) is 1.48. The predicted molar refractivity (Wildman–Crippen MR) is 106 cm³/mol.